The quantitative estimate of drug-likeness (QED) is 0.0465. The summed E-state index contributed by atoms with van der Waals surface area (Å²) < 4.78 is 17.1. The average molecular weight is 733 g/mol. The van der Waals surface area contributed by atoms with Crippen molar-refractivity contribution in [2.45, 2.75) is 71.1 Å². The van der Waals surface area contributed by atoms with Gasteiger partial charge in [-0.05, 0) is 102 Å². The van der Waals surface area contributed by atoms with Gasteiger partial charge in [0.1, 0.15) is 17.2 Å². The SMILES string of the molecule is CCCCCCCCCCCCOc1ccc(C(=O)Oc2ccc(C(=O)Oc3ccc(-c4cc(-c5ccccc5)nc(-c5ccccn5)c4)cc3)cc2)cc1. The highest BCUT2D eigenvalue weighted by molar-refractivity contribution is 5.93. The van der Waals surface area contributed by atoms with Crippen LogP contribution in [0.1, 0.15) is 91.8 Å². The van der Waals surface area contributed by atoms with Crippen molar-refractivity contribution in [3.05, 3.63) is 151 Å². The predicted molar refractivity (Wildman–Crippen MR) is 218 cm³/mol. The smallest absolute Gasteiger partial charge is 0.343 e. The molecule has 7 heteroatoms. The van der Waals surface area contributed by atoms with Crippen LogP contribution in [0.5, 0.6) is 17.2 Å². The molecule has 0 saturated heterocycles. The third-order valence-corrected chi connectivity index (χ3v) is 9.38. The molecule has 0 bridgehead atoms. The van der Waals surface area contributed by atoms with E-state index in [0.29, 0.717) is 29.2 Å². The Bertz CT molecular complexity index is 2020. The summed E-state index contributed by atoms with van der Waals surface area (Å²) in [5, 5.41) is 0. The summed E-state index contributed by atoms with van der Waals surface area (Å²) >= 11 is 0. The van der Waals surface area contributed by atoms with Gasteiger partial charge in [-0.1, -0.05) is 113 Å². The Morgan fingerprint density at radius 2 is 1.00 bits per heavy atom. The summed E-state index contributed by atoms with van der Waals surface area (Å²) in [7, 11) is 0. The molecule has 0 spiro atoms. The molecule has 6 aromatic rings. The summed E-state index contributed by atoms with van der Waals surface area (Å²) in [4.78, 5) is 35.2. The van der Waals surface area contributed by atoms with Gasteiger partial charge in [0.15, 0.2) is 0 Å². The number of hydrogen-bond acceptors (Lipinski definition) is 7. The molecule has 6 rings (SSSR count). The molecule has 7 nitrogen and oxygen atoms in total. The largest absolute Gasteiger partial charge is 0.494 e. The Balaban J connectivity index is 0.974. The van der Waals surface area contributed by atoms with E-state index in [-0.39, 0.29) is 0 Å². The minimum atomic E-state index is -0.522. The summed E-state index contributed by atoms with van der Waals surface area (Å²) in [5.74, 6) is 0.446. The molecule has 55 heavy (non-hydrogen) atoms. The Kier molecular flexibility index (Phi) is 14.3. The van der Waals surface area contributed by atoms with Crippen LogP contribution in [0.25, 0.3) is 33.8 Å². The van der Waals surface area contributed by atoms with E-state index in [2.05, 4.69) is 11.9 Å². The van der Waals surface area contributed by atoms with Crippen LogP contribution >= 0.6 is 0 Å². The zero-order valence-electron chi connectivity index (χ0n) is 31.5. The van der Waals surface area contributed by atoms with Gasteiger partial charge >= 0.3 is 11.9 Å². The number of benzene rings is 4. The molecule has 280 valence electrons. The van der Waals surface area contributed by atoms with Crippen LogP contribution in [0.3, 0.4) is 0 Å². The number of carbonyl (C=O) groups is 2. The molecule has 0 radical (unpaired) electrons. The molecule has 0 saturated carbocycles. The number of ether oxygens (including phenoxy) is 3. The molecule has 0 N–H and O–H groups in total. The van der Waals surface area contributed by atoms with Crippen molar-refractivity contribution in [2.75, 3.05) is 6.61 Å². The molecule has 4 aromatic carbocycles. The molecule has 0 amide bonds. The van der Waals surface area contributed by atoms with Crippen LogP contribution in [0, 0.1) is 0 Å². The lowest BCUT2D eigenvalue weighted by atomic mass is 10.0. The molecule has 0 aliphatic rings. The number of unbranched alkanes of at least 4 members (excludes halogenated alkanes) is 9. The monoisotopic (exact) mass is 732 g/mol. The van der Waals surface area contributed by atoms with Crippen LogP contribution in [0.15, 0.2) is 140 Å². The summed E-state index contributed by atoms with van der Waals surface area (Å²) in [5.41, 5.74) is 6.02. The Morgan fingerprint density at radius 1 is 0.473 bits per heavy atom. The second-order valence-corrected chi connectivity index (χ2v) is 13.6. The molecule has 2 heterocycles. The van der Waals surface area contributed by atoms with Crippen molar-refractivity contribution >= 4 is 11.9 Å². The number of rotatable bonds is 19. The van der Waals surface area contributed by atoms with Gasteiger partial charge in [0.2, 0.25) is 0 Å². The molecule has 0 atom stereocenters. The van der Waals surface area contributed by atoms with Crippen LogP contribution < -0.4 is 14.2 Å². The average Bonchev–Trinajstić information content (AvgIpc) is 3.24. The lowest BCUT2D eigenvalue weighted by Gasteiger charge is -2.11. The minimum absolute atomic E-state index is 0.324. The van der Waals surface area contributed by atoms with Crippen molar-refractivity contribution in [2.24, 2.45) is 0 Å². The van der Waals surface area contributed by atoms with Gasteiger partial charge in [-0.25, -0.2) is 14.6 Å². The Labute approximate surface area is 324 Å². The fraction of sp³-hybridized carbons (Fsp3) is 0.250. The molecule has 0 unspecified atom stereocenters. The maximum Gasteiger partial charge on any atom is 0.343 e. The number of nitrogens with zero attached hydrogens (tertiary/aromatic N) is 2. The Morgan fingerprint density at radius 3 is 1.58 bits per heavy atom. The molecule has 2 aromatic heterocycles. The maximum atomic E-state index is 13.0. The van der Waals surface area contributed by atoms with Crippen molar-refractivity contribution in [3.63, 3.8) is 0 Å². The zero-order chi connectivity index (χ0) is 38.1. The van der Waals surface area contributed by atoms with Crippen LogP contribution in [0.2, 0.25) is 0 Å². The van der Waals surface area contributed by atoms with Crippen molar-refractivity contribution in [3.8, 4) is 51.0 Å². The van der Waals surface area contributed by atoms with Gasteiger partial charge in [0.25, 0.3) is 0 Å². The van der Waals surface area contributed by atoms with E-state index >= 15 is 0 Å². The Hall–Kier alpha value is -6.08. The fourth-order valence-corrected chi connectivity index (χ4v) is 6.27. The molecular weight excluding hydrogens is 685 g/mol. The second kappa shape index (κ2) is 20.4. The van der Waals surface area contributed by atoms with Gasteiger partial charge in [0.05, 0.1) is 34.8 Å². The first-order valence-electron chi connectivity index (χ1n) is 19.4. The topological polar surface area (TPSA) is 87.6 Å². The highest BCUT2D eigenvalue weighted by atomic mass is 16.5. The molecule has 0 aliphatic heterocycles. The zero-order valence-corrected chi connectivity index (χ0v) is 31.5. The van der Waals surface area contributed by atoms with E-state index in [4.69, 9.17) is 19.2 Å². The van der Waals surface area contributed by atoms with E-state index in [9.17, 15) is 9.59 Å². The van der Waals surface area contributed by atoms with Gasteiger partial charge in [-0.15, -0.1) is 0 Å². The van der Waals surface area contributed by atoms with Crippen LogP contribution in [0.4, 0.5) is 0 Å². The maximum absolute atomic E-state index is 13.0. The van der Waals surface area contributed by atoms with Gasteiger partial charge in [-0.3, -0.25) is 4.98 Å². The number of esters is 2. The normalized spacial score (nSPS) is 10.9. The third kappa shape index (κ3) is 11.7. The van der Waals surface area contributed by atoms with Gasteiger partial charge < -0.3 is 14.2 Å². The summed E-state index contributed by atoms with van der Waals surface area (Å²) in [6.07, 6.45) is 14.5. The lowest BCUT2D eigenvalue weighted by Crippen LogP contribution is -2.10. The number of hydrogen-bond donors (Lipinski definition) is 0. The van der Waals surface area contributed by atoms with Gasteiger partial charge in [-0.2, -0.15) is 0 Å². The van der Waals surface area contributed by atoms with E-state index in [1.54, 1.807) is 66.9 Å². The van der Waals surface area contributed by atoms with Crippen molar-refractivity contribution < 1.29 is 23.8 Å². The standard InChI is InChI=1S/C48H48N2O5/c1-2-3-4-5-6-7-8-9-10-16-33-53-41-26-22-38(23-27-41)47(51)55-43-30-24-39(25-31-43)48(52)54-42-28-20-36(21-29-42)40-34-45(37-17-12-11-13-18-37)50-46(35-40)44-19-14-15-32-49-44/h11-15,17-32,34-35H,2-10,16,33H2,1H3. The second-order valence-electron chi connectivity index (χ2n) is 13.6. The van der Waals surface area contributed by atoms with E-state index < -0.39 is 11.9 Å². The van der Waals surface area contributed by atoms with E-state index in [0.717, 1.165) is 45.9 Å². The van der Waals surface area contributed by atoms with Crippen LogP contribution in [-0.2, 0) is 0 Å². The number of pyridine rings is 2. The first kappa shape index (κ1) is 38.6. The van der Waals surface area contributed by atoms with E-state index in [1.807, 2.05) is 72.8 Å². The van der Waals surface area contributed by atoms with Gasteiger partial charge in [0, 0.05) is 11.8 Å². The molecule has 0 fully saturated rings. The van der Waals surface area contributed by atoms with Crippen molar-refractivity contribution in [1.82, 2.24) is 9.97 Å². The predicted octanol–water partition coefficient (Wildman–Crippen LogP) is 12.2. The highest BCUT2D eigenvalue weighted by Gasteiger charge is 2.14. The lowest BCUT2D eigenvalue weighted by molar-refractivity contribution is 0.0730. The number of carbonyl (C=O) groups excluding carboxylic acids is 2. The fourth-order valence-electron chi connectivity index (χ4n) is 6.27. The molecule has 0 aliphatic carbocycles. The van der Waals surface area contributed by atoms with Crippen molar-refractivity contribution in [1.29, 1.82) is 0 Å². The summed E-state index contributed by atoms with van der Waals surface area (Å²) in [6, 6.07) is 40.5. The first-order valence-corrected chi connectivity index (χ1v) is 19.4. The summed E-state index contributed by atoms with van der Waals surface area (Å²) in [6.45, 7) is 2.91. The first-order chi connectivity index (χ1) is 27.1. The molecular formula is C48H48N2O5. The highest BCUT2D eigenvalue weighted by Crippen LogP contribution is 2.31. The number of aromatic nitrogens is 2. The minimum Gasteiger partial charge on any atom is -0.494 e. The van der Waals surface area contributed by atoms with Crippen LogP contribution in [-0.4, -0.2) is 28.5 Å². The van der Waals surface area contributed by atoms with E-state index in [1.165, 1.54) is 57.8 Å². The third-order valence-electron chi connectivity index (χ3n) is 9.38.